The maximum atomic E-state index is 11.5. The smallest absolute Gasteiger partial charge is 0.331 e. The quantitative estimate of drug-likeness (QED) is 0.594. The molecule has 0 atom stereocenters. The predicted molar refractivity (Wildman–Crippen MR) is 62.3 cm³/mol. The third-order valence-corrected chi connectivity index (χ3v) is 3.62. The van der Waals surface area contributed by atoms with Crippen LogP contribution in [0.3, 0.4) is 0 Å². The molecule has 0 saturated heterocycles. The van der Waals surface area contributed by atoms with Crippen molar-refractivity contribution in [1.82, 2.24) is 5.32 Å². The molecule has 1 rings (SSSR count). The molecule has 0 radical (unpaired) electrons. The Morgan fingerprint density at radius 3 is 2.73 bits per heavy atom. The van der Waals surface area contributed by atoms with Crippen LogP contribution in [0.25, 0.3) is 0 Å². The fraction of sp³-hybridized carbons (Fsp3) is 0.333. The third kappa shape index (κ3) is 2.57. The van der Waals surface area contributed by atoms with Crippen LogP contribution in [0.2, 0.25) is 0 Å². The molecule has 0 unspecified atom stereocenters. The van der Waals surface area contributed by atoms with Gasteiger partial charge >= 0.3 is 5.97 Å². The van der Waals surface area contributed by atoms with E-state index in [4.69, 9.17) is 0 Å². The van der Waals surface area contributed by atoms with Gasteiger partial charge < -0.3 is 10.1 Å². The van der Waals surface area contributed by atoms with Gasteiger partial charge in [-0.2, -0.15) is 0 Å². The number of esters is 1. The minimum Gasteiger partial charge on any atom is -0.466 e. The molecule has 0 aromatic heterocycles. The van der Waals surface area contributed by atoms with E-state index in [1.807, 2.05) is 6.26 Å². The van der Waals surface area contributed by atoms with Crippen LogP contribution in [0.5, 0.6) is 0 Å². The maximum Gasteiger partial charge on any atom is 0.331 e. The van der Waals surface area contributed by atoms with Gasteiger partial charge in [0.05, 0.1) is 17.7 Å². The maximum absolute atomic E-state index is 11.5. The number of hydrogen-bond donors (Lipinski definition) is 1. The van der Waals surface area contributed by atoms with Crippen molar-refractivity contribution in [3.05, 3.63) is 21.6 Å². The summed E-state index contributed by atoms with van der Waals surface area (Å²) in [6.07, 6.45) is 3.14. The summed E-state index contributed by atoms with van der Waals surface area (Å²) in [6, 6.07) is 0. The molecule has 1 aliphatic heterocycles. The normalized spacial score (nSPS) is 18.6. The van der Waals surface area contributed by atoms with E-state index in [9.17, 15) is 9.59 Å². The molecule has 0 amide bonds. The van der Waals surface area contributed by atoms with E-state index in [0.717, 1.165) is 11.8 Å². The molecule has 15 heavy (non-hydrogen) atoms. The van der Waals surface area contributed by atoms with Crippen LogP contribution in [-0.2, 0) is 14.3 Å². The first-order valence-electron chi connectivity index (χ1n) is 4.12. The molecule has 0 saturated carbocycles. The average Bonchev–Trinajstić information content (AvgIpc) is 2.53. The number of ether oxygens (including phenoxy) is 1. The minimum atomic E-state index is -0.458. The first-order chi connectivity index (χ1) is 7.13. The van der Waals surface area contributed by atoms with E-state index >= 15 is 0 Å². The van der Waals surface area contributed by atoms with Gasteiger partial charge in [0.15, 0.2) is 0 Å². The Morgan fingerprint density at radius 1 is 1.60 bits per heavy atom. The zero-order valence-corrected chi connectivity index (χ0v) is 10.3. The molecule has 1 N–H and O–H groups in total. The second-order valence-corrected chi connectivity index (χ2v) is 4.41. The highest BCUT2D eigenvalue weighted by Gasteiger charge is 2.28. The number of carbonyl (C=O) groups is 2. The Balaban J connectivity index is 3.05. The number of nitrogens with one attached hydrogen (secondary N) is 1. The number of methoxy groups -OCH3 is 1. The van der Waals surface area contributed by atoms with Gasteiger partial charge in [-0.1, -0.05) is 0 Å². The van der Waals surface area contributed by atoms with Gasteiger partial charge in [-0.15, -0.1) is 11.8 Å². The lowest BCUT2D eigenvalue weighted by atomic mass is 10.3. The summed E-state index contributed by atoms with van der Waals surface area (Å²) in [7, 11) is 3.02. The van der Waals surface area contributed by atoms with Crippen LogP contribution in [0.15, 0.2) is 21.6 Å². The minimum absolute atomic E-state index is 0.0398. The lowest BCUT2D eigenvalue weighted by Gasteiger charge is -2.03. The fourth-order valence-electron chi connectivity index (χ4n) is 1.10. The molecule has 82 valence electrons. The Bertz CT molecular complexity index is 360. The van der Waals surface area contributed by atoms with Crippen molar-refractivity contribution in [3.8, 4) is 0 Å². The number of hydrogen-bond acceptors (Lipinski definition) is 6. The molecule has 0 aromatic carbocycles. The summed E-state index contributed by atoms with van der Waals surface area (Å²) in [5.74, 6) is -0.458. The largest absolute Gasteiger partial charge is 0.466 e. The third-order valence-electron chi connectivity index (χ3n) is 1.77. The van der Waals surface area contributed by atoms with Gasteiger partial charge in [-0.05, 0) is 18.0 Å². The summed E-state index contributed by atoms with van der Waals surface area (Å²) in [6.45, 7) is 0. The predicted octanol–water partition coefficient (Wildman–Crippen LogP) is 1.11. The van der Waals surface area contributed by atoms with Crippen LogP contribution >= 0.6 is 23.5 Å². The number of likely N-dealkylation sites (N-methyl/N-ethyl adjacent to an activating group) is 1. The molecule has 0 fully saturated rings. The van der Waals surface area contributed by atoms with Crippen molar-refractivity contribution in [2.45, 2.75) is 0 Å². The first-order valence-corrected chi connectivity index (χ1v) is 6.16. The Labute approximate surface area is 96.5 Å². The lowest BCUT2D eigenvalue weighted by Crippen LogP contribution is -2.08. The summed E-state index contributed by atoms with van der Waals surface area (Å²) in [5, 5.41) is 2.88. The van der Waals surface area contributed by atoms with Gasteiger partial charge in [-0.25, -0.2) is 4.79 Å². The van der Waals surface area contributed by atoms with E-state index in [-0.39, 0.29) is 5.12 Å². The van der Waals surface area contributed by atoms with Crippen LogP contribution < -0.4 is 5.32 Å². The van der Waals surface area contributed by atoms with Crippen molar-refractivity contribution in [2.75, 3.05) is 20.4 Å². The van der Waals surface area contributed by atoms with E-state index in [2.05, 4.69) is 10.1 Å². The Kier molecular flexibility index (Phi) is 4.28. The summed E-state index contributed by atoms with van der Waals surface area (Å²) in [5.41, 5.74) is 0.697. The second kappa shape index (κ2) is 5.27. The van der Waals surface area contributed by atoms with Gasteiger partial charge in [0, 0.05) is 18.0 Å². The van der Waals surface area contributed by atoms with Gasteiger partial charge in [-0.3, -0.25) is 4.79 Å². The van der Waals surface area contributed by atoms with Crippen molar-refractivity contribution in [2.24, 2.45) is 0 Å². The molecule has 1 heterocycles. The molecular formula is C9H11NO3S2. The highest BCUT2D eigenvalue weighted by atomic mass is 32.2. The SMILES string of the molecule is CNC1=C(SC)C(=O)S/C1=C\C(=O)OC. The van der Waals surface area contributed by atoms with E-state index in [0.29, 0.717) is 15.5 Å². The molecule has 0 aliphatic carbocycles. The van der Waals surface area contributed by atoms with Crippen molar-refractivity contribution < 1.29 is 14.3 Å². The summed E-state index contributed by atoms with van der Waals surface area (Å²) in [4.78, 5) is 23.8. The number of rotatable bonds is 3. The zero-order chi connectivity index (χ0) is 11.4. The van der Waals surface area contributed by atoms with Crippen LogP contribution in [0.4, 0.5) is 0 Å². The highest BCUT2D eigenvalue weighted by Crippen LogP contribution is 2.40. The standard InChI is InChI=1S/C9H11NO3S2/c1-10-7-5(4-6(11)13-2)15-9(12)8(7)14-3/h4,10H,1-3H3/b5-4-. The Hall–Kier alpha value is -0.880. The summed E-state index contributed by atoms with van der Waals surface area (Å²) >= 11 is 2.40. The Morgan fingerprint density at radius 2 is 2.27 bits per heavy atom. The molecule has 0 aromatic rings. The topological polar surface area (TPSA) is 55.4 Å². The zero-order valence-electron chi connectivity index (χ0n) is 8.62. The van der Waals surface area contributed by atoms with Crippen LogP contribution in [-0.4, -0.2) is 31.5 Å². The first kappa shape index (κ1) is 12.2. The van der Waals surface area contributed by atoms with Crippen molar-refractivity contribution in [1.29, 1.82) is 0 Å². The monoisotopic (exact) mass is 245 g/mol. The lowest BCUT2D eigenvalue weighted by molar-refractivity contribution is -0.134. The molecule has 1 aliphatic rings. The molecule has 0 bridgehead atoms. The van der Waals surface area contributed by atoms with Crippen LogP contribution in [0.1, 0.15) is 0 Å². The fourth-order valence-corrected chi connectivity index (χ4v) is 2.98. The average molecular weight is 245 g/mol. The molecule has 6 heteroatoms. The van der Waals surface area contributed by atoms with E-state index in [1.54, 1.807) is 7.05 Å². The highest BCUT2D eigenvalue weighted by molar-refractivity contribution is 8.21. The van der Waals surface area contributed by atoms with Crippen molar-refractivity contribution >= 4 is 34.6 Å². The molecule has 0 spiro atoms. The molecule has 4 nitrogen and oxygen atoms in total. The number of thioether (sulfide) groups is 2. The van der Waals surface area contributed by atoms with Gasteiger partial charge in [0.2, 0.25) is 5.12 Å². The second-order valence-electron chi connectivity index (χ2n) is 2.58. The number of carbonyl (C=O) groups excluding carboxylic acids is 2. The van der Waals surface area contributed by atoms with Gasteiger partial charge in [0.1, 0.15) is 0 Å². The van der Waals surface area contributed by atoms with E-state index < -0.39 is 5.97 Å². The van der Waals surface area contributed by atoms with Crippen LogP contribution in [0, 0.1) is 0 Å². The van der Waals surface area contributed by atoms with E-state index in [1.165, 1.54) is 24.9 Å². The molecular weight excluding hydrogens is 234 g/mol. The van der Waals surface area contributed by atoms with Crippen molar-refractivity contribution in [3.63, 3.8) is 0 Å². The van der Waals surface area contributed by atoms with Gasteiger partial charge in [0.25, 0.3) is 0 Å². The summed E-state index contributed by atoms with van der Waals surface area (Å²) < 4.78 is 4.51.